The van der Waals surface area contributed by atoms with Gasteiger partial charge in [-0.2, -0.15) is 0 Å². The van der Waals surface area contributed by atoms with Crippen LogP contribution in [0.2, 0.25) is 0 Å². The summed E-state index contributed by atoms with van der Waals surface area (Å²) >= 11 is 0. The van der Waals surface area contributed by atoms with E-state index in [4.69, 9.17) is 0 Å². The van der Waals surface area contributed by atoms with Crippen molar-refractivity contribution >= 4 is 0 Å². The third-order valence-electron chi connectivity index (χ3n) is 22.1. The molecular formula is C114H156N6O8U2-10. The maximum absolute atomic E-state index is 13.8. The van der Waals surface area contributed by atoms with Gasteiger partial charge in [0.25, 0.3) is 0 Å². The minimum Gasteiger partial charge on any atom is -2.00 e. The van der Waals surface area contributed by atoms with Crippen LogP contribution in [0, 0.1) is 136 Å². The van der Waals surface area contributed by atoms with Crippen LogP contribution in [0.5, 0.6) is 34.5 Å². The predicted octanol–water partition coefficient (Wildman–Crippen LogP) is 21.3. The summed E-state index contributed by atoms with van der Waals surface area (Å²) in [6.45, 7) is 64.8. The molecule has 2 saturated heterocycles. The molecule has 0 N–H and O–H groups in total. The van der Waals surface area contributed by atoms with E-state index in [9.17, 15) is 30.6 Å². The second kappa shape index (κ2) is 55.6. The number of hydrogen-bond donors (Lipinski definition) is 0. The van der Waals surface area contributed by atoms with Crippen LogP contribution in [0.25, 0.3) is 0 Å². The van der Waals surface area contributed by atoms with Gasteiger partial charge in [0.2, 0.25) is 0 Å². The van der Waals surface area contributed by atoms with E-state index >= 15 is 0 Å². The van der Waals surface area contributed by atoms with Crippen LogP contribution in [-0.4, -0.2) is 108 Å². The molecule has 0 bridgehead atoms. The van der Waals surface area contributed by atoms with Gasteiger partial charge < -0.3 is 41.6 Å². The van der Waals surface area contributed by atoms with Gasteiger partial charge in [-0.3, -0.25) is 29.4 Å². The average Bonchev–Trinajstić information content (AvgIpc) is 1.48. The summed E-state index contributed by atoms with van der Waals surface area (Å²) in [4.78, 5) is 14.4. The molecule has 0 aliphatic carbocycles. The van der Waals surface area contributed by atoms with Crippen LogP contribution in [0.15, 0.2) is 218 Å². The third kappa shape index (κ3) is 44.8. The van der Waals surface area contributed by atoms with Gasteiger partial charge in [-0.15, -0.1) is 34.5 Å². The molecule has 12 rings (SSSR count). The van der Waals surface area contributed by atoms with Crippen LogP contribution in [0.3, 0.4) is 0 Å². The number of aryl methyl sites for hydroxylation is 6. The van der Waals surface area contributed by atoms with Gasteiger partial charge in [0.05, 0.1) is 0 Å². The van der Waals surface area contributed by atoms with Gasteiger partial charge in [0.1, 0.15) is 0 Å². The summed E-state index contributed by atoms with van der Waals surface area (Å²) in [6.07, 6.45) is 4.49. The Hall–Kier alpha value is -7.22. The van der Waals surface area contributed by atoms with E-state index in [1.807, 2.05) is 146 Å². The summed E-state index contributed by atoms with van der Waals surface area (Å²) in [6, 6.07) is 72.8. The van der Waals surface area contributed by atoms with Crippen molar-refractivity contribution in [3.05, 3.63) is 319 Å². The van der Waals surface area contributed by atoms with Crippen molar-refractivity contribution < 1.29 is 104 Å². The van der Waals surface area contributed by atoms with E-state index in [-0.39, 0.29) is 140 Å². The first kappa shape index (κ1) is 117. The molecule has 2 aliphatic heterocycles. The van der Waals surface area contributed by atoms with Gasteiger partial charge >= 0.3 is 0 Å². The molecule has 0 saturated carbocycles. The van der Waals surface area contributed by atoms with Crippen molar-refractivity contribution in [2.24, 2.45) is 32.5 Å². The molecular weight excluding hydrogens is 2060 g/mol. The molecule has 2 fully saturated rings. The Morgan fingerprint density at radius 2 is 0.262 bits per heavy atom. The zero-order valence-corrected chi connectivity index (χ0v) is 92.0. The van der Waals surface area contributed by atoms with Crippen molar-refractivity contribution in [2.45, 2.75) is 244 Å². The fourth-order valence-electron chi connectivity index (χ4n) is 16.8. The molecule has 0 atom stereocenters. The SMILES string of the molecule is Cc1cc(CN2CCN(Cc3cc(C)cc(CC(C)(C)C)c3[O-])CCN(Cc3cc(C)cc(CC(C)(C)C)c3[O-])CC2)c([O-])c(CC(C)(C)C)c1.Cc1cc(CN2CCN(Cc3cc(C)cc(CC(C)(C)C)c3[O-])CCN(Cc3cc(C)cc(CC(C)(C)C)c3[O-])CC2)c([O-])c(CC(C)(C)C)c1.[O-2].[O-2].[U].[U].c1ccccc1.c1ccccc1.c1ccccc1.c1ccccc1. The van der Waals surface area contributed by atoms with Crippen LogP contribution in [-0.2, 0) is 88.7 Å². The molecule has 14 nitrogen and oxygen atoms in total. The molecule has 2 heterocycles. The molecule has 10 aromatic carbocycles. The normalized spacial score (nSPS) is 14.2. The third-order valence-corrected chi connectivity index (χ3v) is 22.1. The van der Waals surface area contributed by atoms with Crippen LogP contribution in [0.4, 0.5) is 0 Å². The molecule has 0 aromatic heterocycles. The summed E-state index contributed by atoms with van der Waals surface area (Å²) < 4.78 is 0. The second-order valence-corrected chi connectivity index (χ2v) is 43.2. The Morgan fingerprint density at radius 3 is 0.346 bits per heavy atom. The van der Waals surface area contributed by atoms with Gasteiger partial charge in [-0.05, 0) is 146 Å². The van der Waals surface area contributed by atoms with Gasteiger partial charge in [-0.25, -0.2) is 0 Å². The van der Waals surface area contributed by atoms with E-state index < -0.39 is 0 Å². The molecule has 10 aromatic rings. The fourth-order valence-corrected chi connectivity index (χ4v) is 16.8. The summed E-state index contributed by atoms with van der Waals surface area (Å²) in [5.41, 5.74) is 17.4. The molecule has 708 valence electrons. The van der Waals surface area contributed by atoms with Crippen LogP contribution in [0.1, 0.15) is 225 Å². The number of rotatable bonds is 18. The average molecular weight is 2210 g/mol. The Kier molecular flexibility index (Phi) is 50.0. The van der Waals surface area contributed by atoms with Crippen LogP contribution >= 0.6 is 0 Å². The number of hydrogen-bond acceptors (Lipinski definition) is 12. The van der Waals surface area contributed by atoms with Gasteiger partial charge in [-0.1, -0.05) is 410 Å². The minimum atomic E-state index is 0. The molecule has 0 amide bonds. The second-order valence-electron chi connectivity index (χ2n) is 43.2. The minimum absolute atomic E-state index is 0. The Morgan fingerprint density at radius 1 is 0.177 bits per heavy atom. The van der Waals surface area contributed by atoms with Crippen molar-refractivity contribution in [1.82, 2.24) is 29.4 Å². The molecule has 0 unspecified atom stereocenters. The number of nitrogens with zero attached hydrogens (tertiary/aromatic N) is 6. The molecule has 130 heavy (non-hydrogen) atoms. The summed E-state index contributed by atoms with van der Waals surface area (Å²) in [7, 11) is 0. The summed E-state index contributed by atoms with van der Waals surface area (Å²) in [5, 5.41) is 82.7. The maximum atomic E-state index is 13.8. The van der Waals surface area contributed by atoms with E-state index in [1.54, 1.807) is 0 Å². The van der Waals surface area contributed by atoms with Crippen LogP contribution < -0.4 is 30.6 Å². The Balaban J connectivity index is 0.000000515. The first-order chi connectivity index (χ1) is 59.1. The molecule has 16 heteroatoms. The molecule has 0 spiro atoms. The first-order valence-electron chi connectivity index (χ1n) is 46.2. The van der Waals surface area contributed by atoms with Gasteiger partial charge in [0.15, 0.2) is 0 Å². The maximum Gasteiger partial charge on any atom is 0.0228 e. The predicted molar refractivity (Wildman–Crippen MR) is 522 cm³/mol. The van der Waals surface area contributed by atoms with E-state index in [1.165, 1.54) is 0 Å². The Labute approximate surface area is 834 Å². The van der Waals surface area contributed by atoms with E-state index in [0.717, 1.165) is 217 Å². The largest absolute Gasteiger partial charge is 2.00 e. The van der Waals surface area contributed by atoms with Crippen molar-refractivity contribution in [3.8, 4) is 34.5 Å². The zero-order chi connectivity index (χ0) is 92.7. The standard InChI is InChI=1S/2C45H69N3O3.4C6H6.2O.2U/c2*1-31-19-34(25-43(4,5)6)40(49)37(22-31)28-46-13-15-47(29-38-23-32(2)20-35(41(38)50)26-44(7,8)9)17-18-48(16-14-46)30-39-24-33(3)21-36(42(39)51)27-45(10,11)12;4*1-2-4-6-5-3-1;;;;/h2*19-24,49-51H,13-18,25-30H2,1-12H3;4*1-6H;;;;/q;;;;;;2*-2;;/p-6. The Bertz CT molecular complexity index is 4000. The number of benzene rings is 10. The summed E-state index contributed by atoms with van der Waals surface area (Å²) in [5.74, 6) is 0.963. The quantitative estimate of drug-likeness (QED) is 0.0784. The zero-order valence-electron chi connectivity index (χ0n) is 83.7. The molecule has 2 aliphatic rings. The topological polar surface area (TPSA) is 215 Å². The first-order valence-corrected chi connectivity index (χ1v) is 46.2. The fraction of sp³-hybridized carbons (Fsp3) is 0.474. The molecule has 0 radical (unpaired) electrons. The van der Waals surface area contributed by atoms with E-state index in [2.05, 4.69) is 268 Å². The van der Waals surface area contributed by atoms with Gasteiger partial charge in [0, 0.05) is 180 Å². The van der Waals surface area contributed by atoms with Crippen molar-refractivity contribution in [2.75, 3.05) is 78.5 Å². The van der Waals surface area contributed by atoms with Crippen molar-refractivity contribution in [3.63, 3.8) is 0 Å². The smallest absolute Gasteiger partial charge is 0.0228 e. The van der Waals surface area contributed by atoms with Crippen molar-refractivity contribution in [1.29, 1.82) is 0 Å². The van der Waals surface area contributed by atoms with E-state index in [0.29, 0.717) is 39.3 Å². The monoisotopic (exact) mass is 2210 g/mol.